The molecule has 0 amide bonds. The number of nitrogens with one attached hydrogen (secondary N) is 3. The van der Waals surface area contributed by atoms with Crippen LogP contribution in [0.5, 0.6) is 0 Å². The number of hydrogen-bond acceptors (Lipinski definition) is 5. The van der Waals surface area contributed by atoms with Crippen LogP contribution in [-0.2, 0) is 9.59 Å². The first-order chi connectivity index (χ1) is 4.22. The average molecular weight is 129 g/mol. The quantitative estimate of drug-likeness (QED) is 0.248. The number of hydrogen-bond donors (Lipinski definition) is 3. The number of guanidine groups is 1. The molecule has 0 aliphatic heterocycles. The SMILES string of the molecule is N=NC(=N)N=N.O=C=O. The van der Waals surface area contributed by atoms with Gasteiger partial charge < -0.3 is 0 Å². The summed E-state index contributed by atoms with van der Waals surface area (Å²) < 4.78 is 0. The third kappa shape index (κ3) is 22.3. The van der Waals surface area contributed by atoms with Crippen LogP contribution in [-0.4, -0.2) is 12.1 Å². The molecule has 0 rings (SSSR count). The van der Waals surface area contributed by atoms with Crippen molar-refractivity contribution in [1.82, 2.24) is 0 Å². The van der Waals surface area contributed by atoms with Crippen LogP contribution in [0, 0.1) is 16.5 Å². The molecule has 9 heavy (non-hydrogen) atoms. The van der Waals surface area contributed by atoms with Crippen molar-refractivity contribution in [2.24, 2.45) is 10.2 Å². The molecule has 0 aliphatic rings. The lowest BCUT2D eigenvalue weighted by atomic mass is 11.1. The Labute approximate surface area is 49.6 Å². The van der Waals surface area contributed by atoms with Gasteiger partial charge >= 0.3 is 6.15 Å². The molecule has 0 aromatic carbocycles. The molecule has 0 bridgehead atoms. The molecule has 0 aromatic rings. The Kier molecular flexibility index (Phi) is 10.9. The fraction of sp³-hybridized carbons (Fsp3) is 0. The van der Waals surface area contributed by atoms with Crippen molar-refractivity contribution < 1.29 is 9.59 Å². The van der Waals surface area contributed by atoms with Gasteiger partial charge in [-0.2, -0.15) is 9.59 Å². The zero-order valence-electron chi connectivity index (χ0n) is 4.21. The Hall–Kier alpha value is -1.75. The molecule has 7 nitrogen and oxygen atoms in total. The highest BCUT2D eigenvalue weighted by atomic mass is 16.2. The van der Waals surface area contributed by atoms with Crippen LogP contribution in [0.3, 0.4) is 0 Å². The van der Waals surface area contributed by atoms with E-state index in [0.717, 1.165) is 0 Å². The molecule has 0 unspecified atom stereocenters. The molecular formula is C2H3N5O2. The van der Waals surface area contributed by atoms with E-state index in [-0.39, 0.29) is 6.15 Å². The van der Waals surface area contributed by atoms with Crippen molar-refractivity contribution in [3.63, 3.8) is 0 Å². The molecule has 3 N–H and O–H groups in total. The summed E-state index contributed by atoms with van der Waals surface area (Å²) in [6.45, 7) is 0. The predicted octanol–water partition coefficient (Wildman–Crippen LogP) is 0.400. The van der Waals surface area contributed by atoms with Gasteiger partial charge in [0.05, 0.1) is 0 Å². The van der Waals surface area contributed by atoms with Crippen LogP contribution < -0.4 is 0 Å². The fourth-order valence-electron chi connectivity index (χ4n) is 0.0250. The highest BCUT2D eigenvalue weighted by molar-refractivity contribution is 5.76. The van der Waals surface area contributed by atoms with Crippen LogP contribution >= 0.6 is 0 Å². The summed E-state index contributed by atoms with van der Waals surface area (Å²) in [5.74, 6) is -0.574. The molecule has 0 heterocycles. The lowest BCUT2D eigenvalue weighted by molar-refractivity contribution is -0.191. The van der Waals surface area contributed by atoms with Crippen molar-refractivity contribution in [1.29, 1.82) is 16.5 Å². The molecule has 0 saturated carbocycles. The first kappa shape index (κ1) is 10.3. The van der Waals surface area contributed by atoms with Crippen molar-refractivity contribution in [3.05, 3.63) is 0 Å². The minimum absolute atomic E-state index is 0.250. The summed E-state index contributed by atoms with van der Waals surface area (Å²) in [4.78, 5) is 16.2. The average Bonchev–Trinajstić information content (AvgIpc) is 1.88. The van der Waals surface area contributed by atoms with Gasteiger partial charge in [0.1, 0.15) is 0 Å². The van der Waals surface area contributed by atoms with Crippen molar-refractivity contribution in [3.8, 4) is 0 Å². The van der Waals surface area contributed by atoms with Crippen LogP contribution in [0.1, 0.15) is 0 Å². The molecule has 7 heteroatoms. The normalized spacial score (nSPS) is 5.33. The fourth-order valence-corrected chi connectivity index (χ4v) is 0.0250. The van der Waals surface area contributed by atoms with E-state index in [4.69, 9.17) is 26.1 Å². The number of nitrogens with zero attached hydrogens (tertiary/aromatic N) is 2. The van der Waals surface area contributed by atoms with Crippen LogP contribution in [0.2, 0.25) is 0 Å². The van der Waals surface area contributed by atoms with E-state index in [2.05, 4.69) is 10.2 Å². The predicted molar refractivity (Wildman–Crippen MR) is 23.0 cm³/mol. The maximum Gasteiger partial charge on any atom is 0.373 e. The highest BCUT2D eigenvalue weighted by Crippen LogP contribution is 1.70. The first-order valence-electron chi connectivity index (χ1n) is 1.55. The van der Waals surface area contributed by atoms with Gasteiger partial charge in [-0.1, -0.05) is 0 Å². The second-order valence-corrected chi connectivity index (χ2v) is 0.631. The summed E-state index contributed by atoms with van der Waals surface area (Å²) in [5.41, 5.74) is 12.0. The van der Waals surface area contributed by atoms with E-state index in [1.807, 2.05) is 0 Å². The van der Waals surface area contributed by atoms with Gasteiger partial charge in [0, 0.05) is 0 Å². The van der Waals surface area contributed by atoms with Gasteiger partial charge in [0.25, 0.3) is 5.96 Å². The van der Waals surface area contributed by atoms with Gasteiger partial charge in [-0.05, 0) is 0 Å². The molecule has 0 aliphatic carbocycles. The van der Waals surface area contributed by atoms with E-state index in [1.54, 1.807) is 0 Å². The van der Waals surface area contributed by atoms with Crippen LogP contribution in [0.4, 0.5) is 0 Å². The van der Waals surface area contributed by atoms with Crippen LogP contribution in [0.15, 0.2) is 10.2 Å². The summed E-state index contributed by atoms with van der Waals surface area (Å²) in [6.07, 6.45) is 0.250. The number of carbonyl (C=O) groups excluding carboxylic acids is 2. The van der Waals surface area contributed by atoms with E-state index >= 15 is 0 Å². The van der Waals surface area contributed by atoms with Gasteiger partial charge in [-0.25, -0.2) is 11.1 Å². The lowest BCUT2D eigenvalue weighted by Crippen LogP contribution is -1.75. The third-order valence-corrected chi connectivity index (χ3v) is 0.212. The maximum atomic E-state index is 8.12. The molecule has 0 saturated heterocycles. The molecule has 0 radical (unpaired) electrons. The van der Waals surface area contributed by atoms with E-state index in [1.165, 1.54) is 0 Å². The molecule has 48 valence electrons. The van der Waals surface area contributed by atoms with Gasteiger partial charge in [0.15, 0.2) is 0 Å². The highest BCUT2D eigenvalue weighted by Gasteiger charge is 1.76. The summed E-state index contributed by atoms with van der Waals surface area (Å²) in [5, 5.41) is 11.2. The molecule has 0 aromatic heterocycles. The van der Waals surface area contributed by atoms with Crippen molar-refractivity contribution >= 4 is 12.1 Å². The zero-order valence-corrected chi connectivity index (χ0v) is 4.21. The van der Waals surface area contributed by atoms with Crippen molar-refractivity contribution in [2.45, 2.75) is 0 Å². The second kappa shape index (κ2) is 9.54. The summed E-state index contributed by atoms with van der Waals surface area (Å²) in [6, 6.07) is 0. The summed E-state index contributed by atoms with van der Waals surface area (Å²) >= 11 is 0. The Morgan fingerprint density at radius 3 is 1.44 bits per heavy atom. The number of rotatable bonds is 0. The zero-order chi connectivity index (χ0) is 7.70. The lowest BCUT2D eigenvalue weighted by Gasteiger charge is -1.69. The van der Waals surface area contributed by atoms with Gasteiger partial charge in [-0.3, -0.25) is 5.41 Å². The van der Waals surface area contributed by atoms with Crippen molar-refractivity contribution in [2.75, 3.05) is 0 Å². The Bertz CT molecular complexity index is 135. The minimum Gasteiger partial charge on any atom is -0.263 e. The Morgan fingerprint density at radius 2 is 1.44 bits per heavy atom. The second-order valence-electron chi connectivity index (χ2n) is 0.631. The smallest absolute Gasteiger partial charge is 0.263 e. The molecule has 0 spiro atoms. The molecule has 0 atom stereocenters. The topological polar surface area (TPSA) is 130 Å². The standard InChI is InChI=1S/CH3N5.CO2/c2-1(5-3)6-4;2-1-3/h2-4H;. The third-order valence-electron chi connectivity index (χ3n) is 0.212. The first-order valence-corrected chi connectivity index (χ1v) is 1.55. The Morgan fingerprint density at radius 1 is 1.22 bits per heavy atom. The van der Waals surface area contributed by atoms with E-state index < -0.39 is 5.96 Å². The van der Waals surface area contributed by atoms with Crippen LogP contribution in [0.25, 0.3) is 0 Å². The molecular weight excluding hydrogens is 126 g/mol. The minimum atomic E-state index is -0.574. The monoisotopic (exact) mass is 129 g/mol. The van der Waals surface area contributed by atoms with Gasteiger partial charge in [-0.15, -0.1) is 10.2 Å². The summed E-state index contributed by atoms with van der Waals surface area (Å²) in [7, 11) is 0. The maximum absolute atomic E-state index is 8.12. The Balaban J connectivity index is 0. The molecule has 0 fully saturated rings. The van der Waals surface area contributed by atoms with E-state index in [0.29, 0.717) is 0 Å². The van der Waals surface area contributed by atoms with E-state index in [9.17, 15) is 0 Å². The largest absolute Gasteiger partial charge is 0.373 e. The van der Waals surface area contributed by atoms with Gasteiger partial charge in [0.2, 0.25) is 0 Å².